The predicted octanol–water partition coefficient (Wildman–Crippen LogP) is 0.836. The molecule has 14 heavy (non-hydrogen) atoms. The largest absolute Gasteiger partial charge is 0.480 e. The maximum atomic E-state index is 10.9. The van der Waals surface area contributed by atoms with E-state index in [-0.39, 0.29) is 0 Å². The Morgan fingerprint density at radius 3 is 2.57 bits per heavy atom. The topological polar surface area (TPSA) is 89.3 Å². The van der Waals surface area contributed by atoms with Crippen LogP contribution in [0.1, 0.15) is 18.1 Å². The first kappa shape index (κ1) is 10.5. The number of carbonyl (C=O) groups is 1. The molecule has 0 amide bonds. The summed E-state index contributed by atoms with van der Waals surface area (Å²) < 4.78 is 0. The van der Waals surface area contributed by atoms with E-state index in [0.717, 1.165) is 5.56 Å². The van der Waals surface area contributed by atoms with Crippen molar-refractivity contribution in [3.63, 3.8) is 0 Å². The van der Waals surface area contributed by atoms with Crippen LogP contribution >= 0.6 is 0 Å². The molecule has 0 aliphatic rings. The van der Waals surface area contributed by atoms with Gasteiger partial charge in [-0.25, -0.2) is 4.79 Å². The molecule has 0 fully saturated rings. The van der Waals surface area contributed by atoms with Crippen molar-refractivity contribution < 1.29 is 9.90 Å². The standard InChI is InChI=1S/C10H14N2O2/c1-6-7(4-3-5-8(6)11)10(2,12)9(13)14/h3-5H,11-12H2,1-2H3,(H,13,14)/t10-/m0/s1. The smallest absolute Gasteiger partial charge is 0.328 e. The Bertz CT molecular complexity index is 372. The molecule has 1 rings (SSSR count). The van der Waals surface area contributed by atoms with Crippen LogP contribution in [0.15, 0.2) is 18.2 Å². The van der Waals surface area contributed by atoms with Gasteiger partial charge in [0.2, 0.25) is 0 Å². The minimum Gasteiger partial charge on any atom is -0.480 e. The van der Waals surface area contributed by atoms with Gasteiger partial charge in [0.15, 0.2) is 0 Å². The van der Waals surface area contributed by atoms with Gasteiger partial charge < -0.3 is 16.6 Å². The summed E-state index contributed by atoms with van der Waals surface area (Å²) in [5.41, 5.74) is 11.8. The minimum absolute atomic E-state index is 0.546. The average molecular weight is 194 g/mol. The highest BCUT2D eigenvalue weighted by Crippen LogP contribution is 2.25. The molecule has 0 bridgehead atoms. The van der Waals surface area contributed by atoms with Crippen LogP contribution in [0.4, 0.5) is 5.69 Å². The molecule has 0 saturated heterocycles. The van der Waals surface area contributed by atoms with Crippen LogP contribution in [0.3, 0.4) is 0 Å². The lowest BCUT2D eigenvalue weighted by atomic mass is 9.89. The molecule has 0 aliphatic carbocycles. The van der Waals surface area contributed by atoms with Gasteiger partial charge in [0.05, 0.1) is 0 Å². The van der Waals surface area contributed by atoms with E-state index >= 15 is 0 Å². The molecular formula is C10H14N2O2. The summed E-state index contributed by atoms with van der Waals surface area (Å²) in [6, 6.07) is 5.10. The molecule has 1 aromatic carbocycles. The second-order valence-corrected chi connectivity index (χ2v) is 3.53. The Balaban J connectivity index is 3.33. The van der Waals surface area contributed by atoms with E-state index < -0.39 is 11.5 Å². The van der Waals surface area contributed by atoms with E-state index in [9.17, 15) is 4.79 Å². The normalized spacial score (nSPS) is 14.8. The summed E-state index contributed by atoms with van der Waals surface area (Å²) in [5, 5.41) is 8.94. The quantitative estimate of drug-likeness (QED) is 0.608. The summed E-state index contributed by atoms with van der Waals surface area (Å²) in [6.07, 6.45) is 0. The fraction of sp³-hybridized carbons (Fsp3) is 0.300. The molecule has 76 valence electrons. The van der Waals surface area contributed by atoms with Crippen molar-refractivity contribution >= 4 is 11.7 Å². The molecule has 0 radical (unpaired) electrons. The number of carboxylic acid groups (broad SMARTS) is 1. The molecule has 0 heterocycles. The molecule has 4 nitrogen and oxygen atoms in total. The van der Waals surface area contributed by atoms with Crippen molar-refractivity contribution in [3.05, 3.63) is 29.3 Å². The van der Waals surface area contributed by atoms with Crippen molar-refractivity contribution in [1.82, 2.24) is 0 Å². The predicted molar refractivity (Wildman–Crippen MR) is 54.8 cm³/mol. The summed E-state index contributed by atoms with van der Waals surface area (Å²) in [4.78, 5) is 10.9. The number of hydrogen-bond acceptors (Lipinski definition) is 3. The number of carboxylic acids is 1. The lowest BCUT2D eigenvalue weighted by molar-refractivity contribution is -0.143. The van der Waals surface area contributed by atoms with Crippen LogP contribution in [-0.4, -0.2) is 11.1 Å². The first-order chi connectivity index (χ1) is 6.37. The molecule has 4 heteroatoms. The lowest BCUT2D eigenvalue weighted by Crippen LogP contribution is -2.42. The second-order valence-electron chi connectivity index (χ2n) is 3.53. The molecule has 0 saturated carbocycles. The number of nitrogen functional groups attached to an aromatic ring is 1. The van der Waals surface area contributed by atoms with Crippen LogP contribution in [0.25, 0.3) is 0 Å². The molecular weight excluding hydrogens is 180 g/mol. The Morgan fingerprint density at radius 1 is 1.50 bits per heavy atom. The molecule has 1 aromatic rings. The zero-order chi connectivity index (χ0) is 10.9. The monoisotopic (exact) mass is 194 g/mol. The van der Waals surface area contributed by atoms with Crippen molar-refractivity contribution in [1.29, 1.82) is 0 Å². The zero-order valence-electron chi connectivity index (χ0n) is 8.24. The highest BCUT2D eigenvalue weighted by molar-refractivity contribution is 5.81. The third kappa shape index (κ3) is 1.56. The van der Waals surface area contributed by atoms with Crippen molar-refractivity contribution in [2.45, 2.75) is 19.4 Å². The maximum absolute atomic E-state index is 10.9. The van der Waals surface area contributed by atoms with E-state index in [1.165, 1.54) is 6.92 Å². The van der Waals surface area contributed by atoms with Crippen LogP contribution in [0, 0.1) is 6.92 Å². The first-order valence-electron chi connectivity index (χ1n) is 4.25. The Kier molecular flexibility index (Phi) is 2.49. The SMILES string of the molecule is Cc1c(N)cccc1[C@](C)(N)C(=O)O. The van der Waals surface area contributed by atoms with E-state index in [1.54, 1.807) is 25.1 Å². The van der Waals surface area contributed by atoms with Gasteiger partial charge in [-0.2, -0.15) is 0 Å². The molecule has 0 unspecified atom stereocenters. The van der Waals surface area contributed by atoms with Gasteiger partial charge in [0.1, 0.15) is 5.54 Å². The summed E-state index contributed by atoms with van der Waals surface area (Å²) in [6.45, 7) is 3.22. The molecule has 0 aliphatic heterocycles. The highest BCUT2D eigenvalue weighted by Gasteiger charge is 2.31. The number of nitrogens with two attached hydrogens (primary N) is 2. The van der Waals surface area contributed by atoms with Gasteiger partial charge in [-0.3, -0.25) is 0 Å². The average Bonchev–Trinajstić information content (AvgIpc) is 2.09. The first-order valence-corrected chi connectivity index (χ1v) is 4.25. The van der Waals surface area contributed by atoms with Crippen molar-refractivity contribution in [3.8, 4) is 0 Å². The van der Waals surface area contributed by atoms with Gasteiger partial charge in [-0.15, -0.1) is 0 Å². The third-order valence-corrected chi connectivity index (χ3v) is 2.38. The van der Waals surface area contributed by atoms with Gasteiger partial charge in [0.25, 0.3) is 0 Å². The highest BCUT2D eigenvalue weighted by atomic mass is 16.4. The molecule has 0 spiro atoms. The fourth-order valence-electron chi connectivity index (χ4n) is 1.33. The van der Waals surface area contributed by atoms with Crippen LogP contribution in [0.5, 0.6) is 0 Å². The van der Waals surface area contributed by atoms with Crippen LogP contribution in [-0.2, 0) is 10.3 Å². The number of anilines is 1. The molecule has 0 aromatic heterocycles. The van der Waals surface area contributed by atoms with Crippen LogP contribution in [0.2, 0.25) is 0 Å². The maximum Gasteiger partial charge on any atom is 0.328 e. The number of rotatable bonds is 2. The van der Waals surface area contributed by atoms with Gasteiger partial charge >= 0.3 is 5.97 Å². The number of benzene rings is 1. The van der Waals surface area contributed by atoms with E-state index in [1.807, 2.05) is 0 Å². The lowest BCUT2D eigenvalue weighted by Gasteiger charge is -2.22. The van der Waals surface area contributed by atoms with Gasteiger partial charge in [-0.1, -0.05) is 12.1 Å². The molecule has 1 atom stereocenters. The fourth-order valence-corrected chi connectivity index (χ4v) is 1.33. The summed E-state index contributed by atoms with van der Waals surface area (Å²) in [5.74, 6) is -1.06. The second kappa shape index (κ2) is 3.31. The van der Waals surface area contributed by atoms with Crippen LogP contribution < -0.4 is 11.5 Å². The molecule has 5 N–H and O–H groups in total. The zero-order valence-corrected chi connectivity index (χ0v) is 8.24. The Morgan fingerprint density at radius 2 is 2.07 bits per heavy atom. The van der Waals surface area contributed by atoms with Crippen molar-refractivity contribution in [2.75, 3.05) is 5.73 Å². The Hall–Kier alpha value is -1.55. The van der Waals surface area contributed by atoms with Gasteiger partial charge in [0, 0.05) is 5.69 Å². The third-order valence-electron chi connectivity index (χ3n) is 2.38. The summed E-state index contributed by atoms with van der Waals surface area (Å²) in [7, 11) is 0. The summed E-state index contributed by atoms with van der Waals surface area (Å²) >= 11 is 0. The van der Waals surface area contributed by atoms with E-state index in [4.69, 9.17) is 16.6 Å². The Labute approximate surface area is 82.5 Å². The minimum atomic E-state index is -1.39. The van der Waals surface area contributed by atoms with E-state index in [0.29, 0.717) is 11.3 Å². The van der Waals surface area contributed by atoms with Crippen molar-refractivity contribution in [2.24, 2.45) is 5.73 Å². The van der Waals surface area contributed by atoms with E-state index in [2.05, 4.69) is 0 Å². The number of aliphatic carboxylic acids is 1. The van der Waals surface area contributed by atoms with Gasteiger partial charge in [-0.05, 0) is 31.0 Å². The number of hydrogen-bond donors (Lipinski definition) is 3.